The molecular formula is C23H26ClN3O3. The molecule has 0 bridgehead atoms. The molecule has 1 aliphatic carbocycles. The Bertz CT molecular complexity index is 960. The smallest absolute Gasteiger partial charge is 0.269 e. The van der Waals surface area contributed by atoms with Gasteiger partial charge in [0.1, 0.15) is 11.4 Å². The van der Waals surface area contributed by atoms with Gasteiger partial charge in [-0.3, -0.25) is 14.6 Å². The topological polar surface area (TPSA) is 91.3 Å². The molecule has 0 saturated heterocycles. The summed E-state index contributed by atoms with van der Waals surface area (Å²) in [5, 5.41) is 15.9. The first kappa shape index (κ1) is 21.8. The van der Waals surface area contributed by atoms with Crippen molar-refractivity contribution in [2.24, 2.45) is 11.8 Å². The van der Waals surface area contributed by atoms with E-state index in [9.17, 15) is 14.7 Å². The van der Waals surface area contributed by atoms with Crippen LogP contribution >= 0.6 is 11.6 Å². The average Bonchev–Trinajstić information content (AvgIpc) is 3.02. The highest BCUT2D eigenvalue weighted by Gasteiger charge is 2.24. The zero-order valence-electron chi connectivity index (χ0n) is 17.0. The Hall–Kier alpha value is -2.86. The van der Waals surface area contributed by atoms with Crippen LogP contribution in [0.5, 0.6) is 5.75 Å². The number of phenols is 1. The molecule has 0 spiro atoms. The Morgan fingerprint density at radius 1 is 1.30 bits per heavy atom. The Morgan fingerprint density at radius 3 is 2.83 bits per heavy atom. The molecule has 7 heteroatoms. The molecule has 3 rings (SSSR count). The van der Waals surface area contributed by atoms with Gasteiger partial charge in [0.25, 0.3) is 5.91 Å². The van der Waals surface area contributed by atoms with Gasteiger partial charge in [-0.15, -0.1) is 0 Å². The third-order valence-corrected chi connectivity index (χ3v) is 5.56. The zero-order chi connectivity index (χ0) is 21.7. The van der Waals surface area contributed by atoms with Crippen molar-refractivity contribution in [1.29, 1.82) is 0 Å². The Morgan fingerprint density at radius 2 is 2.10 bits per heavy atom. The first-order chi connectivity index (χ1) is 14.3. The number of anilines is 1. The molecule has 6 nitrogen and oxygen atoms in total. The van der Waals surface area contributed by atoms with E-state index in [1.807, 2.05) is 0 Å². The van der Waals surface area contributed by atoms with Crippen molar-refractivity contribution in [2.75, 3.05) is 11.9 Å². The van der Waals surface area contributed by atoms with Crippen molar-refractivity contribution in [3.8, 4) is 5.75 Å². The fourth-order valence-corrected chi connectivity index (χ4v) is 4.02. The van der Waals surface area contributed by atoms with E-state index in [1.54, 1.807) is 18.2 Å². The van der Waals surface area contributed by atoms with E-state index in [1.165, 1.54) is 23.9 Å². The van der Waals surface area contributed by atoms with Gasteiger partial charge in [0.2, 0.25) is 5.91 Å². The van der Waals surface area contributed by atoms with Crippen molar-refractivity contribution in [2.45, 2.75) is 32.6 Å². The predicted octanol–water partition coefficient (Wildman–Crippen LogP) is 4.34. The van der Waals surface area contributed by atoms with E-state index in [0.29, 0.717) is 34.7 Å². The highest BCUT2D eigenvalue weighted by atomic mass is 35.5. The monoisotopic (exact) mass is 427 g/mol. The Labute approximate surface area is 181 Å². The lowest BCUT2D eigenvalue weighted by molar-refractivity contribution is -0.115. The number of halogens is 1. The largest absolute Gasteiger partial charge is 0.508 e. The third kappa shape index (κ3) is 5.83. The lowest BCUT2D eigenvalue weighted by Crippen LogP contribution is -2.27. The molecule has 0 radical (unpaired) electrons. The molecule has 1 saturated carbocycles. The van der Waals surface area contributed by atoms with Crippen LogP contribution in [0.3, 0.4) is 0 Å². The van der Waals surface area contributed by atoms with Crippen molar-refractivity contribution < 1.29 is 14.7 Å². The maximum atomic E-state index is 12.4. The molecule has 30 heavy (non-hydrogen) atoms. The highest BCUT2D eigenvalue weighted by molar-refractivity contribution is 6.30. The maximum absolute atomic E-state index is 12.4. The molecule has 2 aromatic rings. The molecule has 1 heterocycles. The molecule has 2 unspecified atom stereocenters. The molecule has 0 aliphatic heterocycles. The van der Waals surface area contributed by atoms with Crippen LogP contribution in [0.2, 0.25) is 5.02 Å². The summed E-state index contributed by atoms with van der Waals surface area (Å²) in [5.74, 6) is 0.508. The number of aromatic hydroxyl groups is 1. The summed E-state index contributed by atoms with van der Waals surface area (Å²) < 4.78 is 0. The average molecular weight is 428 g/mol. The van der Waals surface area contributed by atoms with Gasteiger partial charge in [-0.2, -0.15) is 0 Å². The van der Waals surface area contributed by atoms with Crippen LogP contribution in [0.4, 0.5) is 5.69 Å². The minimum Gasteiger partial charge on any atom is -0.508 e. The number of phenolic OH excluding ortho intramolecular Hbond substituents is 1. The number of nitrogens with one attached hydrogen (secondary N) is 2. The minimum absolute atomic E-state index is 0.00341. The number of nitrogens with zero attached hydrogens (tertiary/aromatic N) is 1. The molecule has 3 N–H and O–H groups in total. The minimum atomic E-state index is -0.334. The summed E-state index contributed by atoms with van der Waals surface area (Å²) in [6.45, 7) is 6.91. The fourth-order valence-electron chi connectivity index (χ4n) is 3.83. The molecule has 1 aliphatic rings. The van der Waals surface area contributed by atoms with E-state index in [-0.39, 0.29) is 29.7 Å². The van der Waals surface area contributed by atoms with E-state index in [2.05, 4.69) is 29.1 Å². The van der Waals surface area contributed by atoms with Crippen molar-refractivity contribution in [3.05, 3.63) is 65.0 Å². The zero-order valence-corrected chi connectivity index (χ0v) is 17.7. The number of rotatable bonds is 7. The fraction of sp³-hybridized carbons (Fsp3) is 0.348. The predicted molar refractivity (Wildman–Crippen MR) is 118 cm³/mol. The summed E-state index contributed by atoms with van der Waals surface area (Å²) in [6.07, 6.45) is 4.49. The number of carbonyl (C=O) groups excluding carboxylic acids is 2. The summed E-state index contributed by atoms with van der Waals surface area (Å²) in [4.78, 5) is 28.8. The highest BCUT2D eigenvalue weighted by Crippen LogP contribution is 2.36. The van der Waals surface area contributed by atoms with Crippen molar-refractivity contribution in [1.82, 2.24) is 10.3 Å². The molecule has 2 atom stereocenters. The van der Waals surface area contributed by atoms with Crippen LogP contribution in [-0.4, -0.2) is 28.4 Å². The second kappa shape index (κ2) is 9.76. The summed E-state index contributed by atoms with van der Waals surface area (Å²) >= 11 is 5.91. The first-order valence-corrected chi connectivity index (χ1v) is 10.4. The van der Waals surface area contributed by atoms with E-state index in [4.69, 9.17) is 11.6 Å². The normalized spacial score (nSPS) is 18.3. The SMILES string of the molecule is C=C1CC(C)CC1CCNC(=O)c1cc(NC(=O)Cc2cc(Cl)ccc2O)ccn1. The van der Waals surface area contributed by atoms with Crippen LogP contribution in [0, 0.1) is 11.8 Å². The van der Waals surface area contributed by atoms with Crippen LogP contribution in [-0.2, 0) is 11.2 Å². The number of hydrogen-bond donors (Lipinski definition) is 3. The van der Waals surface area contributed by atoms with E-state index in [0.717, 1.165) is 19.3 Å². The first-order valence-electron chi connectivity index (χ1n) is 10.0. The van der Waals surface area contributed by atoms with Crippen LogP contribution in [0.15, 0.2) is 48.7 Å². The number of hydrogen-bond acceptors (Lipinski definition) is 4. The second-order valence-electron chi connectivity index (χ2n) is 7.87. The summed E-state index contributed by atoms with van der Waals surface area (Å²) in [7, 11) is 0. The van der Waals surface area contributed by atoms with Crippen molar-refractivity contribution in [3.63, 3.8) is 0 Å². The maximum Gasteiger partial charge on any atom is 0.269 e. The van der Waals surface area contributed by atoms with Gasteiger partial charge in [-0.25, -0.2) is 0 Å². The standard InChI is InChI=1S/C23H26ClN3O3/c1-14-9-15(2)16(10-14)5-7-26-23(30)20-13-19(6-8-25-20)27-22(29)12-17-11-18(24)3-4-21(17)28/h3-4,6,8,11,13-14,16,28H,2,5,7,9-10,12H2,1H3,(H,26,30)(H,25,27,29). The van der Waals surface area contributed by atoms with Gasteiger partial charge in [-0.05, 0) is 61.4 Å². The Kier molecular flexibility index (Phi) is 7.11. The molecular weight excluding hydrogens is 402 g/mol. The third-order valence-electron chi connectivity index (χ3n) is 5.32. The quantitative estimate of drug-likeness (QED) is 0.573. The lowest BCUT2D eigenvalue weighted by Gasteiger charge is -2.12. The van der Waals surface area contributed by atoms with Gasteiger partial charge in [-0.1, -0.05) is 30.7 Å². The van der Waals surface area contributed by atoms with Gasteiger partial charge < -0.3 is 15.7 Å². The summed E-state index contributed by atoms with van der Waals surface area (Å²) in [6, 6.07) is 7.68. The van der Waals surface area contributed by atoms with Crippen LogP contribution in [0.1, 0.15) is 42.2 Å². The number of allylic oxidation sites excluding steroid dienone is 1. The second-order valence-corrected chi connectivity index (χ2v) is 8.31. The number of aromatic nitrogens is 1. The number of benzene rings is 1. The van der Waals surface area contributed by atoms with Crippen LogP contribution < -0.4 is 10.6 Å². The van der Waals surface area contributed by atoms with E-state index >= 15 is 0 Å². The molecule has 1 aromatic heterocycles. The molecule has 2 amide bonds. The van der Waals surface area contributed by atoms with Gasteiger partial charge in [0.05, 0.1) is 6.42 Å². The molecule has 158 valence electrons. The van der Waals surface area contributed by atoms with Gasteiger partial charge >= 0.3 is 0 Å². The Balaban J connectivity index is 1.53. The number of pyridine rings is 1. The van der Waals surface area contributed by atoms with Crippen LogP contribution in [0.25, 0.3) is 0 Å². The van der Waals surface area contributed by atoms with E-state index < -0.39 is 0 Å². The molecule has 1 aromatic carbocycles. The van der Waals surface area contributed by atoms with Gasteiger partial charge in [0.15, 0.2) is 0 Å². The van der Waals surface area contributed by atoms with Crippen molar-refractivity contribution >= 4 is 29.1 Å². The number of amides is 2. The van der Waals surface area contributed by atoms with Gasteiger partial charge in [0, 0.05) is 29.0 Å². The molecule has 1 fully saturated rings. The summed E-state index contributed by atoms with van der Waals surface area (Å²) in [5.41, 5.74) is 2.39. The number of carbonyl (C=O) groups is 2. The lowest BCUT2D eigenvalue weighted by atomic mass is 10.00.